The van der Waals surface area contributed by atoms with Crippen LogP contribution in [-0.2, 0) is 266 Å². The van der Waals surface area contributed by atoms with Gasteiger partial charge in [0, 0.05) is 288 Å². The maximum atomic E-state index is 9.95. The number of aryl methyl sites for hydroxylation is 5. The summed E-state index contributed by atoms with van der Waals surface area (Å²) in [7, 11) is 0. The molecule has 1 aliphatic rings. The van der Waals surface area contributed by atoms with Crippen LogP contribution in [0.1, 0.15) is 35.4 Å². The molecule has 234 valence electrons. The minimum Gasteiger partial charge on any atom is -0.613 e. The number of tetrazole rings is 1. The van der Waals surface area contributed by atoms with E-state index in [1.165, 1.54) is 11.3 Å². The zero-order valence-electron chi connectivity index (χ0n) is 26.0. The summed E-state index contributed by atoms with van der Waals surface area (Å²) in [5, 5.41) is 44.3. The molecule has 0 amide bonds. The van der Waals surface area contributed by atoms with Crippen LogP contribution in [0, 0.1) is 51.4 Å². The van der Waals surface area contributed by atoms with Crippen molar-refractivity contribution >= 4 is 29.5 Å². The first-order valence-corrected chi connectivity index (χ1v) is 11.4. The number of H-pyrrole nitrogens is 1. The number of aromatic amines is 1. The molecule has 0 bridgehead atoms. The Morgan fingerprint density at radius 2 is 1.40 bits per heavy atom. The first kappa shape index (κ1) is 68.9. The molecule has 0 saturated carbocycles. The van der Waals surface area contributed by atoms with Crippen LogP contribution in [0.2, 0.25) is 0 Å². The smallest absolute Gasteiger partial charge is 0.253 e. The van der Waals surface area contributed by atoms with Crippen LogP contribution in [0.5, 0.6) is 0 Å². The average molecular weight is 1290 g/mol. The first-order chi connectivity index (χ1) is 18.5. The molecule has 29 heteroatoms. The number of ether oxygens (including phenoxy) is 1. The Bertz CT molecular complexity index is 1340. The van der Waals surface area contributed by atoms with Gasteiger partial charge in [0.05, 0.1) is 12.3 Å². The van der Waals surface area contributed by atoms with E-state index >= 15 is 0 Å². The van der Waals surface area contributed by atoms with Crippen molar-refractivity contribution in [2.75, 3.05) is 0 Å². The third-order valence-corrected chi connectivity index (χ3v) is 3.60. The summed E-state index contributed by atoms with van der Waals surface area (Å²) in [6.45, 7) is 13.8. The van der Waals surface area contributed by atoms with Gasteiger partial charge in [0.25, 0.3) is 5.76 Å². The van der Waals surface area contributed by atoms with E-state index in [-0.39, 0.29) is 267 Å². The van der Waals surface area contributed by atoms with Crippen LogP contribution in [0.15, 0.2) is 35.6 Å². The van der Waals surface area contributed by atoms with Gasteiger partial charge in [-0.25, -0.2) is 10.2 Å². The maximum Gasteiger partial charge on any atom is 0.253 e. The predicted molar refractivity (Wildman–Crippen MR) is 133 cm³/mol. The molecule has 0 aromatic carbocycles. The molecule has 19 nitrogen and oxygen atoms in total. The fraction of sp³-hybridized carbons (Fsp3) is 0.333. The fourth-order valence-electron chi connectivity index (χ4n) is 1.50. The Balaban J connectivity index is -0.0000000627. The topological polar surface area (TPSA) is 252 Å². The molecule has 0 unspecified atom stereocenters. The summed E-state index contributed by atoms with van der Waals surface area (Å²) < 4.78 is 18.2. The van der Waals surface area contributed by atoms with Gasteiger partial charge in [-0.05, 0) is 11.9 Å². The van der Waals surface area contributed by atoms with Crippen LogP contribution in [0.25, 0.3) is 5.43 Å². The number of rotatable bonds is 0. The van der Waals surface area contributed by atoms with Crippen LogP contribution in [0.4, 0.5) is 0 Å². The Hall–Kier alpha value is 3.91. The van der Waals surface area contributed by atoms with E-state index < -0.39 is 5.76 Å². The molecule has 1 N–H and O–H groups in total. The SMILES string of the molecule is C=C1[N-]N=C(C)O1.Cc1n[n-]c(=O)o1.Cc1n[n-]c(=S)o1.Cc1nn[c-]o1.Cc1nn[c-]s1.Cc1nn[nH]n1.[Y].[Y].[Y].[Y].[Y].[Y].[Y].[Y]. The Labute approximate surface area is 480 Å². The van der Waals surface area contributed by atoms with Gasteiger partial charge < -0.3 is 60.2 Å². The van der Waals surface area contributed by atoms with Crippen molar-refractivity contribution in [1.82, 2.24) is 61.4 Å². The fourth-order valence-corrected chi connectivity index (χ4v) is 1.96. The molecule has 8 radical (unpaired) electrons. The van der Waals surface area contributed by atoms with Crippen molar-refractivity contribution in [2.45, 2.75) is 41.5 Å². The third-order valence-electron chi connectivity index (χ3n) is 2.88. The van der Waals surface area contributed by atoms with Gasteiger partial charge in [-0.2, -0.15) is 5.21 Å². The quantitative estimate of drug-likeness (QED) is 0.170. The monoisotopic (exact) mass is 1290 g/mol. The van der Waals surface area contributed by atoms with Crippen molar-refractivity contribution in [3.63, 3.8) is 0 Å². The van der Waals surface area contributed by atoms with E-state index in [0.29, 0.717) is 35.3 Å². The Morgan fingerprint density at radius 3 is 1.53 bits per heavy atom. The van der Waals surface area contributed by atoms with Crippen LogP contribution < -0.4 is 16.0 Å². The van der Waals surface area contributed by atoms with Crippen LogP contribution >= 0.6 is 23.6 Å². The average Bonchev–Trinajstić information content (AvgIpc) is 3.71. The summed E-state index contributed by atoms with van der Waals surface area (Å²) in [4.78, 5) is 10.2. The summed E-state index contributed by atoms with van der Waals surface area (Å²) in [5.41, 5.74) is 6.10. The normalized spacial score (nSPS) is 8.81. The summed E-state index contributed by atoms with van der Waals surface area (Å²) in [6.07, 6.45) is 2.19. The second-order valence-corrected chi connectivity index (χ2v) is 7.50. The number of nitrogens with one attached hydrogen (secondary N) is 1. The number of hydrogen-bond acceptors (Lipinski definition) is 17. The van der Waals surface area contributed by atoms with Gasteiger partial charge in [-0.3, -0.25) is 15.0 Å². The standard InChI is InChI=1S/C4H5N2O.C3H4N2O2.C3H4N2OS.C3H3N2O.C3H3N2S.C2H4N4.8Y/c1-3-5-6-4(2)7-3;1-2-4-5-3(6)7-2;1-2-4-5-3(7)6-2;2*1-3-5-4-2-6-3;1-2-3-5-6-4-2;;;;;;;;/h1H2,2H3;1H3,(H,5,6);1H3,(H,5,7);2*1H3;1H3,(H,3,4,5,6);;;;;;;;/q-1;;;2*-1;;;;;;;;;/p-2. The van der Waals surface area contributed by atoms with Gasteiger partial charge >= 0.3 is 0 Å². The molecule has 0 fully saturated rings. The summed E-state index contributed by atoms with van der Waals surface area (Å²) >= 11 is 5.92. The van der Waals surface area contributed by atoms with Gasteiger partial charge in [-0.15, -0.1) is 10.2 Å². The molecule has 6 heterocycles. The van der Waals surface area contributed by atoms with Gasteiger partial charge in [0.15, 0.2) is 23.5 Å². The number of aromatic nitrogens is 12. The largest absolute Gasteiger partial charge is 0.613 e. The molecule has 6 rings (SSSR count). The third kappa shape index (κ3) is 42.5. The molecular formula is C18H21N14O5S2Y8-5. The summed E-state index contributed by atoms with van der Waals surface area (Å²) in [5.74, 6) is 2.36. The summed E-state index contributed by atoms with van der Waals surface area (Å²) in [6, 6.07) is 0. The second-order valence-electron chi connectivity index (χ2n) is 6.17. The molecule has 1 aliphatic heterocycles. The van der Waals surface area contributed by atoms with Crippen molar-refractivity contribution in [3.8, 4) is 0 Å². The van der Waals surface area contributed by atoms with Crippen molar-refractivity contribution in [2.24, 2.45) is 5.10 Å². The predicted octanol–water partition coefficient (Wildman–Crippen LogP) is 1.48. The van der Waals surface area contributed by atoms with E-state index in [9.17, 15) is 4.79 Å². The van der Waals surface area contributed by atoms with Gasteiger partial charge in [0.1, 0.15) is 4.84 Å². The zero-order valence-corrected chi connectivity index (χ0v) is 50.3. The van der Waals surface area contributed by atoms with Crippen LogP contribution in [0.3, 0.4) is 0 Å². The molecule has 5 aromatic rings. The number of hydrogen-bond donors (Lipinski definition) is 1. The van der Waals surface area contributed by atoms with Crippen molar-refractivity contribution in [1.29, 1.82) is 0 Å². The number of nitrogens with zero attached hydrogens (tertiary/aromatic N) is 13. The zero-order chi connectivity index (χ0) is 29.0. The first-order valence-electron chi connectivity index (χ1n) is 10.1. The van der Waals surface area contributed by atoms with Gasteiger partial charge in [0.2, 0.25) is 0 Å². The van der Waals surface area contributed by atoms with E-state index in [2.05, 4.69) is 116 Å². The Kier molecular flexibility index (Phi) is 64.9. The second kappa shape index (κ2) is 44.3. The van der Waals surface area contributed by atoms with E-state index in [4.69, 9.17) is 4.74 Å². The van der Waals surface area contributed by atoms with E-state index in [1.807, 2.05) is 6.92 Å². The molecular weight excluding hydrogens is 1270 g/mol. The Morgan fingerprint density at radius 1 is 0.809 bits per heavy atom. The molecule has 5 aromatic heterocycles. The minimum absolute atomic E-state index is 0. The molecule has 0 spiro atoms. The van der Waals surface area contributed by atoms with Crippen molar-refractivity contribution in [3.05, 3.63) is 73.7 Å². The van der Waals surface area contributed by atoms with Gasteiger partial charge in [-0.1, -0.05) is 43.4 Å². The molecule has 0 atom stereocenters. The molecule has 47 heavy (non-hydrogen) atoms. The van der Waals surface area contributed by atoms with Crippen molar-refractivity contribution < 1.29 is 280 Å². The maximum absolute atomic E-state index is 9.95. The molecule has 0 saturated heterocycles. The minimum atomic E-state index is -0.627. The van der Waals surface area contributed by atoms with E-state index in [1.54, 1.807) is 34.6 Å². The molecule has 0 aliphatic carbocycles. The van der Waals surface area contributed by atoms with E-state index in [0.717, 1.165) is 5.01 Å². The van der Waals surface area contributed by atoms with Crippen LogP contribution in [-0.4, -0.2) is 57.1 Å².